The van der Waals surface area contributed by atoms with E-state index in [4.69, 9.17) is 0 Å². The van der Waals surface area contributed by atoms with Crippen LogP contribution in [0.4, 0.5) is 0 Å². The number of aromatic nitrogens is 4. The zero-order valence-corrected chi connectivity index (χ0v) is 14.6. The molecule has 4 rings (SSSR count). The number of rotatable bonds is 0. The number of halogens is 1. The van der Waals surface area contributed by atoms with Crippen LogP contribution in [0.5, 0.6) is 0 Å². The Kier molecular flexibility index (Phi) is 16.6. The predicted octanol–water partition coefficient (Wildman–Crippen LogP) is 4.75. The maximum absolute atomic E-state index is 3.78. The van der Waals surface area contributed by atoms with Gasteiger partial charge in [0.1, 0.15) is 0 Å². The van der Waals surface area contributed by atoms with Gasteiger partial charge in [-0.05, 0) is 48.5 Å². The maximum atomic E-state index is 3.78. The Morgan fingerprint density at radius 1 is 0.240 bits per heavy atom. The van der Waals surface area contributed by atoms with Gasteiger partial charge >= 0.3 is 0 Å². The SMILES string of the molecule is Cl.c1ccncc1.c1ccncc1.c1ccncc1.c1ccncc1. The molecule has 0 unspecified atom stereocenters. The zero-order chi connectivity index (χ0) is 17.0. The molecule has 0 bridgehead atoms. The first kappa shape index (κ1) is 21.9. The van der Waals surface area contributed by atoms with E-state index in [2.05, 4.69) is 19.9 Å². The van der Waals surface area contributed by atoms with Crippen LogP contribution in [0.25, 0.3) is 0 Å². The van der Waals surface area contributed by atoms with Crippen LogP contribution in [0, 0.1) is 0 Å². The lowest BCUT2D eigenvalue weighted by Gasteiger charge is -1.70. The molecule has 4 nitrogen and oxygen atoms in total. The summed E-state index contributed by atoms with van der Waals surface area (Å²) < 4.78 is 0. The van der Waals surface area contributed by atoms with Crippen molar-refractivity contribution >= 4 is 12.4 Å². The minimum atomic E-state index is 0. The molecule has 0 fully saturated rings. The molecule has 4 aromatic rings. The van der Waals surface area contributed by atoms with Crippen LogP contribution in [0.3, 0.4) is 0 Å². The van der Waals surface area contributed by atoms with Gasteiger partial charge in [0.2, 0.25) is 0 Å². The lowest BCUT2D eigenvalue weighted by Crippen LogP contribution is -1.58. The minimum absolute atomic E-state index is 0. The van der Waals surface area contributed by atoms with Gasteiger partial charge in [0.05, 0.1) is 0 Å². The molecule has 0 aliphatic carbocycles. The summed E-state index contributed by atoms with van der Waals surface area (Å²) in [5, 5.41) is 0. The van der Waals surface area contributed by atoms with Crippen molar-refractivity contribution in [2.24, 2.45) is 0 Å². The number of hydrogen-bond acceptors (Lipinski definition) is 4. The smallest absolute Gasteiger partial charge is 0.0267 e. The summed E-state index contributed by atoms with van der Waals surface area (Å²) in [5.41, 5.74) is 0. The van der Waals surface area contributed by atoms with Gasteiger partial charge in [0, 0.05) is 49.6 Å². The Labute approximate surface area is 155 Å². The second kappa shape index (κ2) is 18.9. The van der Waals surface area contributed by atoms with Crippen LogP contribution in [0.15, 0.2) is 122 Å². The molecule has 0 aliphatic rings. The van der Waals surface area contributed by atoms with Crippen LogP contribution in [-0.2, 0) is 0 Å². The predicted molar refractivity (Wildman–Crippen MR) is 104 cm³/mol. The van der Waals surface area contributed by atoms with Crippen molar-refractivity contribution in [3.05, 3.63) is 122 Å². The molecule has 4 heterocycles. The quantitative estimate of drug-likeness (QED) is 0.458. The van der Waals surface area contributed by atoms with E-state index in [9.17, 15) is 0 Å². The summed E-state index contributed by atoms with van der Waals surface area (Å²) in [4.78, 5) is 15.1. The van der Waals surface area contributed by atoms with Crippen molar-refractivity contribution in [3.8, 4) is 0 Å². The lowest BCUT2D eigenvalue weighted by molar-refractivity contribution is 1.33. The van der Waals surface area contributed by atoms with Gasteiger partial charge in [-0.2, -0.15) is 0 Å². The van der Waals surface area contributed by atoms with Gasteiger partial charge < -0.3 is 0 Å². The molecular formula is C20H21ClN4. The standard InChI is InChI=1S/4C5H5N.ClH/c4*1-2-4-6-5-3-1;/h4*1-5H;1H. The molecule has 0 amide bonds. The molecule has 0 atom stereocenters. The Balaban J connectivity index is 0.000000303. The van der Waals surface area contributed by atoms with Gasteiger partial charge in [-0.3, -0.25) is 19.9 Å². The molecule has 128 valence electrons. The fraction of sp³-hybridized carbons (Fsp3) is 0. The van der Waals surface area contributed by atoms with E-state index in [1.165, 1.54) is 0 Å². The van der Waals surface area contributed by atoms with E-state index < -0.39 is 0 Å². The highest BCUT2D eigenvalue weighted by Crippen LogP contribution is 1.75. The average molecular weight is 353 g/mol. The van der Waals surface area contributed by atoms with Crippen molar-refractivity contribution in [1.82, 2.24) is 19.9 Å². The molecule has 0 aromatic carbocycles. The Hall–Kier alpha value is -3.11. The van der Waals surface area contributed by atoms with E-state index in [0.29, 0.717) is 0 Å². The molecule has 0 aliphatic heterocycles. The van der Waals surface area contributed by atoms with Gasteiger partial charge in [-0.15, -0.1) is 12.4 Å². The molecule has 25 heavy (non-hydrogen) atoms. The summed E-state index contributed by atoms with van der Waals surface area (Å²) in [6.07, 6.45) is 14.0. The topological polar surface area (TPSA) is 51.6 Å². The van der Waals surface area contributed by atoms with Crippen molar-refractivity contribution in [2.75, 3.05) is 0 Å². The van der Waals surface area contributed by atoms with E-state index in [-0.39, 0.29) is 12.4 Å². The van der Waals surface area contributed by atoms with Crippen molar-refractivity contribution in [3.63, 3.8) is 0 Å². The third kappa shape index (κ3) is 17.1. The van der Waals surface area contributed by atoms with Gasteiger partial charge in [-0.25, -0.2) is 0 Å². The Bertz CT molecular complexity index is 436. The van der Waals surface area contributed by atoms with Crippen LogP contribution in [0.2, 0.25) is 0 Å². The molecule has 0 N–H and O–H groups in total. The highest BCUT2D eigenvalue weighted by atomic mass is 35.5. The first-order valence-electron chi connectivity index (χ1n) is 7.40. The van der Waals surface area contributed by atoms with Crippen LogP contribution in [-0.4, -0.2) is 19.9 Å². The second-order valence-corrected chi connectivity index (χ2v) is 4.10. The van der Waals surface area contributed by atoms with E-state index >= 15 is 0 Å². The van der Waals surface area contributed by atoms with Gasteiger partial charge in [-0.1, -0.05) is 24.3 Å². The number of pyridine rings is 4. The molecule has 0 radical (unpaired) electrons. The fourth-order valence-corrected chi connectivity index (χ4v) is 1.25. The normalized spacial score (nSPS) is 7.68. The monoisotopic (exact) mass is 352 g/mol. The van der Waals surface area contributed by atoms with Crippen LogP contribution >= 0.6 is 12.4 Å². The highest BCUT2D eigenvalue weighted by Gasteiger charge is 1.60. The Morgan fingerprint density at radius 3 is 0.440 bits per heavy atom. The fourth-order valence-electron chi connectivity index (χ4n) is 1.25. The lowest BCUT2D eigenvalue weighted by atomic mass is 10.5. The van der Waals surface area contributed by atoms with Crippen molar-refractivity contribution in [1.29, 1.82) is 0 Å². The number of hydrogen-bond donors (Lipinski definition) is 0. The third-order valence-electron chi connectivity index (χ3n) is 2.27. The first-order valence-corrected chi connectivity index (χ1v) is 7.40. The molecule has 4 aromatic heterocycles. The molecule has 5 heteroatoms. The van der Waals surface area contributed by atoms with Crippen molar-refractivity contribution < 1.29 is 0 Å². The number of nitrogens with zero attached hydrogens (tertiary/aromatic N) is 4. The van der Waals surface area contributed by atoms with Crippen LogP contribution < -0.4 is 0 Å². The molecule has 0 spiro atoms. The van der Waals surface area contributed by atoms with Gasteiger partial charge in [0.25, 0.3) is 0 Å². The second-order valence-electron chi connectivity index (χ2n) is 4.10. The van der Waals surface area contributed by atoms with Gasteiger partial charge in [0.15, 0.2) is 0 Å². The van der Waals surface area contributed by atoms with E-state index in [0.717, 1.165) is 0 Å². The summed E-state index contributed by atoms with van der Waals surface area (Å²) >= 11 is 0. The third-order valence-corrected chi connectivity index (χ3v) is 2.27. The molecule has 0 saturated carbocycles. The molecule has 0 saturated heterocycles. The average Bonchev–Trinajstić information content (AvgIpc) is 2.75. The Morgan fingerprint density at radius 2 is 0.400 bits per heavy atom. The minimum Gasteiger partial charge on any atom is -0.265 e. The highest BCUT2D eigenvalue weighted by molar-refractivity contribution is 5.85. The summed E-state index contributed by atoms with van der Waals surface area (Å²) in [6, 6.07) is 22.9. The van der Waals surface area contributed by atoms with Crippen LogP contribution in [0.1, 0.15) is 0 Å². The maximum Gasteiger partial charge on any atom is 0.0267 e. The van der Waals surface area contributed by atoms with E-state index in [1.54, 1.807) is 49.6 Å². The first-order chi connectivity index (χ1) is 12.0. The van der Waals surface area contributed by atoms with E-state index in [1.807, 2.05) is 72.8 Å². The summed E-state index contributed by atoms with van der Waals surface area (Å²) in [7, 11) is 0. The summed E-state index contributed by atoms with van der Waals surface area (Å²) in [6.45, 7) is 0. The zero-order valence-electron chi connectivity index (χ0n) is 13.7. The largest absolute Gasteiger partial charge is 0.265 e. The van der Waals surface area contributed by atoms with Crippen molar-refractivity contribution in [2.45, 2.75) is 0 Å². The summed E-state index contributed by atoms with van der Waals surface area (Å²) in [5.74, 6) is 0. The molecular weight excluding hydrogens is 332 g/mol.